The zero-order valence-electron chi connectivity index (χ0n) is 23.9. The quantitative estimate of drug-likeness (QED) is 0.210. The normalized spacial score (nSPS) is 17.8. The fourth-order valence-corrected chi connectivity index (χ4v) is 7.08. The average Bonchev–Trinajstić information content (AvgIpc) is 3.60. The monoisotopic (exact) mass is 645 g/mol. The van der Waals surface area contributed by atoms with Gasteiger partial charge in [-0.2, -0.15) is 0 Å². The van der Waals surface area contributed by atoms with Crippen LogP contribution in [0.25, 0.3) is 11.7 Å². The largest absolute Gasteiger partial charge is 0.454 e. The number of carbonyl (C=O) groups is 1. The van der Waals surface area contributed by atoms with E-state index in [1.54, 1.807) is 22.7 Å². The molecule has 0 atom stereocenters. The summed E-state index contributed by atoms with van der Waals surface area (Å²) in [4.78, 5) is 39.0. The zero-order chi connectivity index (χ0) is 30.4. The molecule has 2 saturated heterocycles. The molecule has 1 amide bonds. The van der Waals surface area contributed by atoms with E-state index in [2.05, 4.69) is 15.9 Å². The number of anilines is 1. The number of hydrogen-bond acceptors (Lipinski definition) is 9. The predicted octanol–water partition coefficient (Wildman–Crippen LogP) is 5.11. The van der Waals surface area contributed by atoms with Crippen molar-refractivity contribution in [1.82, 2.24) is 19.2 Å². The second-order valence-electron chi connectivity index (χ2n) is 10.8. The SMILES string of the molecule is Cc1cccn2c(=O)c(/C=C3/SC(=S)N(Cc4ccccc4Cl)C3=O)c(N3CCN(Cc4ccc5c(c4)OCO5)CC3)nc12. The van der Waals surface area contributed by atoms with E-state index in [0.717, 1.165) is 47.8 Å². The summed E-state index contributed by atoms with van der Waals surface area (Å²) in [6.07, 6.45) is 3.37. The van der Waals surface area contributed by atoms with Gasteiger partial charge in [0.15, 0.2) is 11.5 Å². The minimum Gasteiger partial charge on any atom is -0.454 e. The molecule has 224 valence electrons. The highest BCUT2D eigenvalue weighted by atomic mass is 35.5. The Morgan fingerprint density at radius 1 is 1.00 bits per heavy atom. The molecule has 3 aliphatic heterocycles. The van der Waals surface area contributed by atoms with Crippen molar-refractivity contribution in [3.63, 3.8) is 0 Å². The smallest absolute Gasteiger partial charge is 0.267 e. The number of piperazine rings is 1. The molecule has 2 fully saturated rings. The second-order valence-corrected chi connectivity index (χ2v) is 12.9. The number of rotatable bonds is 6. The first-order chi connectivity index (χ1) is 21.4. The summed E-state index contributed by atoms with van der Waals surface area (Å²) in [6, 6.07) is 17.2. The van der Waals surface area contributed by atoms with E-state index >= 15 is 0 Å². The molecule has 0 unspecified atom stereocenters. The highest BCUT2D eigenvalue weighted by molar-refractivity contribution is 8.26. The number of aryl methyl sites for hydroxylation is 1. The van der Waals surface area contributed by atoms with E-state index in [1.807, 2.05) is 49.4 Å². The van der Waals surface area contributed by atoms with Crippen molar-refractivity contribution < 1.29 is 14.3 Å². The van der Waals surface area contributed by atoms with Crippen LogP contribution in [0.3, 0.4) is 0 Å². The standard InChI is InChI=1S/C32H28ClN5O4S2/c1-20-5-4-10-37-28(20)34-29(36-13-11-35(12-14-36)17-21-8-9-25-26(15-21)42-19-41-25)23(30(37)39)16-27-31(40)38(32(43)44-27)18-22-6-2-3-7-24(22)33/h2-10,15-16H,11-14,17-19H2,1H3/b27-16+. The van der Waals surface area contributed by atoms with Gasteiger partial charge in [-0.05, 0) is 54.0 Å². The molecule has 4 aromatic rings. The Hall–Kier alpha value is -3.90. The molecule has 2 aromatic carbocycles. The number of pyridine rings is 1. The van der Waals surface area contributed by atoms with Crippen LogP contribution in [0.2, 0.25) is 5.02 Å². The topological polar surface area (TPSA) is 79.6 Å². The maximum atomic E-state index is 14.0. The Morgan fingerprint density at radius 2 is 1.80 bits per heavy atom. The van der Waals surface area contributed by atoms with E-state index in [9.17, 15) is 9.59 Å². The van der Waals surface area contributed by atoms with E-state index in [4.69, 9.17) is 38.3 Å². The van der Waals surface area contributed by atoms with Gasteiger partial charge in [-0.15, -0.1) is 0 Å². The number of thiocarbonyl (C=S) groups is 1. The number of carbonyl (C=O) groups excluding carboxylic acids is 1. The Morgan fingerprint density at radius 3 is 2.61 bits per heavy atom. The van der Waals surface area contributed by atoms with E-state index in [1.165, 1.54) is 16.7 Å². The number of halogens is 1. The highest BCUT2D eigenvalue weighted by Gasteiger charge is 2.34. The first kappa shape index (κ1) is 28.8. The van der Waals surface area contributed by atoms with Crippen LogP contribution in [0.5, 0.6) is 11.5 Å². The molecule has 3 aliphatic rings. The van der Waals surface area contributed by atoms with Crippen molar-refractivity contribution in [3.05, 3.63) is 103 Å². The summed E-state index contributed by atoms with van der Waals surface area (Å²) >= 11 is 13.1. The average molecular weight is 646 g/mol. The molecule has 0 aliphatic carbocycles. The third-order valence-corrected chi connectivity index (χ3v) is 9.76. The summed E-state index contributed by atoms with van der Waals surface area (Å²) in [5.74, 6) is 1.87. The third-order valence-electron chi connectivity index (χ3n) is 8.01. The Bertz CT molecular complexity index is 1900. The summed E-state index contributed by atoms with van der Waals surface area (Å²) in [6.45, 7) is 6.13. The van der Waals surface area contributed by atoms with Crippen LogP contribution in [0.1, 0.15) is 22.3 Å². The van der Waals surface area contributed by atoms with Crippen LogP contribution < -0.4 is 19.9 Å². The lowest BCUT2D eigenvalue weighted by Crippen LogP contribution is -2.47. The molecule has 44 heavy (non-hydrogen) atoms. The van der Waals surface area contributed by atoms with E-state index in [0.29, 0.717) is 44.4 Å². The third kappa shape index (κ3) is 5.45. The molecule has 12 heteroatoms. The minimum absolute atomic E-state index is 0.229. The first-order valence-corrected chi connectivity index (χ1v) is 15.8. The second kappa shape index (κ2) is 11.9. The lowest BCUT2D eigenvalue weighted by Gasteiger charge is -2.36. The Labute approximate surface area is 268 Å². The number of benzene rings is 2. The number of amides is 1. The van der Waals surface area contributed by atoms with E-state index < -0.39 is 0 Å². The predicted molar refractivity (Wildman–Crippen MR) is 176 cm³/mol. The minimum atomic E-state index is -0.256. The fraction of sp³-hybridized carbons (Fsp3) is 0.250. The molecular formula is C32H28ClN5O4S2. The van der Waals surface area contributed by atoms with Gasteiger partial charge in [-0.3, -0.25) is 23.8 Å². The lowest BCUT2D eigenvalue weighted by molar-refractivity contribution is -0.122. The number of thioether (sulfide) groups is 1. The van der Waals surface area contributed by atoms with Crippen molar-refractivity contribution in [2.45, 2.75) is 20.0 Å². The van der Waals surface area contributed by atoms with Gasteiger partial charge >= 0.3 is 0 Å². The van der Waals surface area contributed by atoms with Crippen molar-refractivity contribution in [2.24, 2.45) is 0 Å². The van der Waals surface area contributed by atoms with E-state index in [-0.39, 0.29) is 24.8 Å². The Kier molecular flexibility index (Phi) is 7.79. The van der Waals surface area contributed by atoms with Gasteiger partial charge < -0.3 is 14.4 Å². The molecule has 7 rings (SSSR count). The number of aromatic nitrogens is 2. The molecule has 5 heterocycles. The number of ether oxygens (including phenoxy) is 2. The molecule has 0 saturated carbocycles. The van der Waals surface area contributed by atoms with Crippen molar-refractivity contribution >= 4 is 63.3 Å². The maximum Gasteiger partial charge on any atom is 0.267 e. The summed E-state index contributed by atoms with van der Waals surface area (Å²) < 4.78 is 13.0. The van der Waals surface area contributed by atoms with Gasteiger partial charge in [0.25, 0.3) is 11.5 Å². The number of nitrogens with zero attached hydrogens (tertiary/aromatic N) is 5. The highest BCUT2D eigenvalue weighted by Crippen LogP contribution is 2.36. The van der Waals surface area contributed by atoms with Crippen LogP contribution in [0.15, 0.2) is 70.5 Å². The first-order valence-electron chi connectivity index (χ1n) is 14.2. The van der Waals surface area contributed by atoms with Crippen LogP contribution in [-0.2, 0) is 17.9 Å². The molecule has 0 N–H and O–H groups in total. The fourth-order valence-electron chi connectivity index (χ4n) is 5.65. The summed E-state index contributed by atoms with van der Waals surface area (Å²) in [5.41, 5.74) is 3.58. The van der Waals surface area contributed by atoms with Crippen LogP contribution in [0.4, 0.5) is 5.82 Å². The van der Waals surface area contributed by atoms with Gasteiger partial charge in [0.2, 0.25) is 6.79 Å². The van der Waals surface area contributed by atoms with Crippen LogP contribution >= 0.6 is 35.6 Å². The summed E-state index contributed by atoms with van der Waals surface area (Å²) in [7, 11) is 0. The number of fused-ring (bicyclic) bond motifs is 2. The number of hydrogen-bond donors (Lipinski definition) is 0. The van der Waals surface area contributed by atoms with Gasteiger partial charge in [-0.25, -0.2) is 4.98 Å². The Balaban J connectivity index is 1.17. The summed E-state index contributed by atoms with van der Waals surface area (Å²) in [5, 5.41) is 0.567. The zero-order valence-corrected chi connectivity index (χ0v) is 26.3. The molecule has 9 nitrogen and oxygen atoms in total. The van der Waals surface area contributed by atoms with Gasteiger partial charge in [0.05, 0.1) is 17.0 Å². The molecule has 0 spiro atoms. The van der Waals surface area contributed by atoms with Crippen molar-refractivity contribution in [1.29, 1.82) is 0 Å². The molecule has 0 bridgehead atoms. The van der Waals surface area contributed by atoms with Crippen LogP contribution in [-0.4, -0.2) is 62.4 Å². The lowest BCUT2D eigenvalue weighted by atomic mass is 10.1. The van der Waals surface area contributed by atoms with Crippen molar-refractivity contribution in [3.8, 4) is 11.5 Å². The van der Waals surface area contributed by atoms with Crippen LogP contribution in [0, 0.1) is 6.92 Å². The molecule has 2 aromatic heterocycles. The molecule has 0 radical (unpaired) electrons. The molecular weight excluding hydrogens is 618 g/mol. The van der Waals surface area contributed by atoms with Crippen molar-refractivity contribution in [2.75, 3.05) is 37.9 Å². The van der Waals surface area contributed by atoms with Gasteiger partial charge in [-0.1, -0.05) is 65.9 Å². The van der Waals surface area contributed by atoms with Gasteiger partial charge in [0, 0.05) is 43.9 Å². The maximum absolute atomic E-state index is 14.0. The van der Waals surface area contributed by atoms with Gasteiger partial charge in [0.1, 0.15) is 15.8 Å².